The van der Waals surface area contributed by atoms with Gasteiger partial charge in [-0.15, -0.1) is 0 Å². The Balaban J connectivity index is 1.95. The minimum atomic E-state index is -1.39. The molecule has 0 bridgehead atoms. The highest BCUT2D eigenvalue weighted by Gasteiger charge is 2.47. The summed E-state index contributed by atoms with van der Waals surface area (Å²) >= 11 is 0. The van der Waals surface area contributed by atoms with Crippen LogP contribution >= 0.6 is 0 Å². The van der Waals surface area contributed by atoms with E-state index in [-0.39, 0.29) is 18.1 Å². The van der Waals surface area contributed by atoms with E-state index >= 15 is 0 Å². The van der Waals surface area contributed by atoms with Gasteiger partial charge in [0.15, 0.2) is 0 Å². The summed E-state index contributed by atoms with van der Waals surface area (Å²) in [4.78, 5) is 13.7. The Kier molecular flexibility index (Phi) is 3.42. The van der Waals surface area contributed by atoms with Crippen molar-refractivity contribution in [1.29, 1.82) is 0 Å². The predicted molar refractivity (Wildman–Crippen MR) is 67.7 cm³/mol. The van der Waals surface area contributed by atoms with Crippen molar-refractivity contribution in [2.75, 3.05) is 6.54 Å². The number of rotatable bonds is 1. The van der Waals surface area contributed by atoms with Crippen LogP contribution in [0, 0.1) is 5.92 Å². The third-order valence-electron chi connectivity index (χ3n) is 3.46. The van der Waals surface area contributed by atoms with Crippen LogP contribution in [-0.4, -0.2) is 46.3 Å². The fourth-order valence-electron chi connectivity index (χ4n) is 2.70. The van der Waals surface area contributed by atoms with E-state index in [1.165, 1.54) is 5.98 Å². The molecule has 2 unspecified atom stereocenters. The highest BCUT2D eigenvalue weighted by Crippen LogP contribution is 2.45. The first kappa shape index (κ1) is 13.4. The number of carbonyl (C=O) groups excluding carboxylic acids is 1. The maximum atomic E-state index is 12.0. The molecule has 1 amide bonds. The molecule has 1 aliphatic heterocycles. The third-order valence-corrected chi connectivity index (χ3v) is 3.46. The molecule has 0 aromatic rings. The second kappa shape index (κ2) is 4.59. The Morgan fingerprint density at radius 1 is 1.50 bits per heavy atom. The summed E-state index contributed by atoms with van der Waals surface area (Å²) in [6.45, 7) is 6.25. The van der Waals surface area contributed by atoms with E-state index in [0.29, 0.717) is 6.54 Å². The summed E-state index contributed by atoms with van der Waals surface area (Å²) < 4.78 is 5.36. The van der Waals surface area contributed by atoms with E-state index in [4.69, 9.17) is 14.8 Å². The molecule has 1 saturated heterocycles. The van der Waals surface area contributed by atoms with Crippen molar-refractivity contribution < 1.29 is 19.6 Å². The maximum Gasteiger partial charge on any atom is 0.480 e. The molecule has 0 radical (unpaired) electrons. The standard InChI is InChI=1S/C12H20BNO4/c1-12(2,3)18-11(15)14-5-4-9-8(6-10(9)14)7-13(16)17/h7,9-10,16-17H,4-6H2,1-3H3/b8-7-. The summed E-state index contributed by atoms with van der Waals surface area (Å²) in [6.07, 6.45) is 1.34. The molecule has 1 saturated carbocycles. The summed E-state index contributed by atoms with van der Waals surface area (Å²) in [5, 5.41) is 17.8. The van der Waals surface area contributed by atoms with Crippen molar-refractivity contribution in [1.82, 2.24) is 4.90 Å². The summed E-state index contributed by atoms with van der Waals surface area (Å²) in [7, 11) is -1.39. The van der Waals surface area contributed by atoms with E-state index in [1.54, 1.807) is 4.90 Å². The number of carbonyl (C=O) groups is 1. The molecule has 1 heterocycles. The van der Waals surface area contributed by atoms with Crippen molar-refractivity contribution in [3.63, 3.8) is 0 Å². The van der Waals surface area contributed by atoms with E-state index in [0.717, 1.165) is 18.4 Å². The average Bonchev–Trinajstić information content (AvgIpc) is 2.49. The predicted octanol–water partition coefficient (Wildman–Crippen LogP) is 0.954. The molecule has 1 aliphatic carbocycles. The monoisotopic (exact) mass is 253 g/mol. The van der Waals surface area contributed by atoms with Crippen molar-refractivity contribution in [3.05, 3.63) is 11.5 Å². The van der Waals surface area contributed by atoms with Crippen LogP contribution < -0.4 is 0 Å². The van der Waals surface area contributed by atoms with Gasteiger partial charge >= 0.3 is 13.2 Å². The molecule has 0 aromatic heterocycles. The van der Waals surface area contributed by atoms with Crippen molar-refractivity contribution in [3.8, 4) is 0 Å². The Bertz CT molecular complexity index is 375. The van der Waals surface area contributed by atoms with Crippen LogP contribution in [0.1, 0.15) is 33.6 Å². The van der Waals surface area contributed by atoms with Crippen molar-refractivity contribution in [2.45, 2.75) is 45.3 Å². The Morgan fingerprint density at radius 2 is 2.17 bits per heavy atom. The second-order valence-corrected chi connectivity index (χ2v) is 6.00. The maximum absolute atomic E-state index is 12.0. The van der Waals surface area contributed by atoms with Crippen LogP contribution in [0.25, 0.3) is 0 Å². The van der Waals surface area contributed by atoms with E-state index in [9.17, 15) is 4.79 Å². The minimum Gasteiger partial charge on any atom is -0.444 e. The first-order chi connectivity index (χ1) is 8.28. The summed E-state index contributed by atoms with van der Waals surface area (Å²) in [6, 6.07) is 0.171. The fourth-order valence-corrected chi connectivity index (χ4v) is 2.70. The zero-order valence-corrected chi connectivity index (χ0v) is 11.1. The van der Waals surface area contributed by atoms with Gasteiger partial charge in [0.05, 0.1) is 0 Å². The highest BCUT2D eigenvalue weighted by molar-refractivity contribution is 6.47. The minimum absolute atomic E-state index is 0.171. The lowest BCUT2D eigenvalue weighted by molar-refractivity contribution is 0.0182. The number of amides is 1. The average molecular weight is 253 g/mol. The topological polar surface area (TPSA) is 70.0 Å². The molecule has 5 nitrogen and oxygen atoms in total. The zero-order chi connectivity index (χ0) is 13.5. The summed E-state index contributed by atoms with van der Waals surface area (Å²) in [5.41, 5.74) is 0.569. The van der Waals surface area contributed by atoms with Crippen molar-refractivity contribution in [2.24, 2.45) is 5.92 Å². The van der Waals surface area contributed by atoms with Crippen molar-refractivity contribution >= 4 is 13.2 Å². The zero-order valence-electron chi connectivity index (χ0n) is 11.1. The summed E-state index contributed by atoms with van der Waals surface area (Å²) in [5.74, 6) is 1.75. The Morgan fingerprint density at radius 3 is 2.72 bits per heavy atom. The Labute approximate surface area is 108 Å². The van der Waals surface area contributed by atoms with Gasteiger partial charge < -0.3 is 19.7 Å². The molecule has 2 fully saturated rings. The molecule has 0 spiro atoms. The van der Waals surface area contributed by atoms with Crippen LogP contribution in [-0.2, 0) is 4.74 Å². The SMILES string of the molecule is CC(C)(C)OC(=O)N1CCC2/C(=C\B(O)O)CC21. The fraction of sp³-hybridized carbons (Fsp3) is 0.750. The number of ether oxygens (including phenoxy) is 1. The quantitative estimate of drug-likeness (QED) is 0.683. The van der Waals surface area contributed by atoms with Gasteiger partial charge in [0.1, 0.15) is 5.60 Å². The van der Waals surface area contributed by atoms with E-state index in [1.807, 2.05) is 20.8 Å². The van der Waals surface area contributed by atoms with Crippen LogP contribution in [0.2, 0.25) is 0 Å². The van der Waals surface area contributed by atoms with Gasteiger partial charge in [-0.25, -0.2) is 4.79 Å². The molecule has 100 valence electrons. The lowest BCUT2D eigenvalue weighted by Crippen LogP contribution is -2.46. The molecule has 2 N–H and O–H groups in total. The van der Waals surface area contributed by atoms with Crippen LogP contribution in [0.5, 0.6) is 0 Å². The molecular weight excluding hydrogens is 233 g/mol. The normalized spacial score (nSPS) is 28.9. The lowest BCUT2D eigenvalue weighted by atomic mass is 9.70. The highest BCUT2D eigenvalue weighted by atomic mass is 16.6. The van der Waals surface area contributed by atoms with Gasteiger partial charge in [-0.2, -0.15) is 0 Å². The lowest BCUT2D eigenvalue weighted by Gasteiger charge is -2.39. The first-order valence-electron chi connectivity index (χ1n) is 6.34. The van der Waals surface area contributed by atoms with Gasteiger partial charge in [0.25, 0.3) is 0 Å². The van der Waals surface area contributed by atoms with Gasteiger partial charge in [-0.3, -0.25) is 0 Å². The number of hydrogen-bond donors (Lipinski definition) is 2. The van der Waals surface area contributed by atoms with E-state index < -0.39 is 12.7 Å². The Hall–Kier alpha value is -1.01. The second-order valence-electron chi connectivity index (χ2n) is 6.00. The molecule has 2 rings (SSSR count). The van der Waals surface area contributed by atoms with E-state index in [2.05, 4.69) is 0 Å². The van der Waals surface area contributed by atoms with Gasteiger partial charge in [0, 0.05) is 18.5 Å². The van der Waals surface area contributed by atoms with Gasteiger partial charge in [-0.05, 0) is 33.6 Å². The number of hydrogen-bond acceptors (Lipinski definition) is 4. The van der Waals surface area contributed by atoms with Crippen LogP contribution in [0.15, 0.2) is 11.5 Å². The molecule has 2 aliphatic rings. The van der Waals surface area contributed by atoms with Gasteiger partial charge in [0.2, 0.25) is 0 Å². The molecular formula is C12H20BNO4. The number of nitrogens with zero attached hydrogens (tertiary/aromatic N) is 1. The number of fused-ring (bicyclic) bond motifs is 1. The molecule has 0 aromatic carbocycles. The van der Waals surface area contributed by atoms with Crippen LogP contribution in [0.3, 0.4) is 0 Å². The van der Waals surface area contributed by atoms with Gasteiger partial charge in [-0.1, -0.05) is 11.5 Å². The largest absolute Gasteiger partial charge is 0.480 e. The molecule has 6 heteroatoms. The third kappa shape index (κ3) is 2.70. The molecule has 18 heavy (non-hydrogen) atoms. The first-order valence-corrected chi connectivity index (χ1v) is 6.34. The smallest absolute Gasteiger partial charge is 0.444 e. The molecule has 2 atom stereocenters. The van der Waals surface area contributed by atoms with Crippen LogP contribution in [0.4, 0.5) is 4.79 Å². The number of likely N-dealkylation sites (tertiary alicyclic amines) is 1.